The van der Waals surface area contributed by atoms with E-state index >= 15 is 0 Å². The van der Waals surface area contributed by atoms with E-state index in [1.54, 1.807) is 0 Å². The minimum absolute atomic E-state index is 0.194. The van der Waals surface area contributed by atoms with Gasteiger partial charge in [-0.05, 0) is 44.0 Å². The second kappa shape index (κ2) is 13.0. The second-order valence-electron chi connectivity index (χ2n) is 8.31. The first-order valence-corrected chi connectivity index (χ1v) is 11.9. The summed E-state index contributed by atoms with van der Waals surface area (Å²) in [4.78, 5) is 2.26. The van der Waals surface area contributed by atoms with Crippen molar-refractivity contribution in [1.82, 2.24) is 14.7 Å². The third kappa shape index (κ3) is 6.71. The molecule has 0 amide bonds. The summed E-state index contributed by atoms with van der Waals surface area (Å²) in [5.41, 5.74) is 2.93. The standard InChI is InChI=1S/C28H35N3O3/c1-5-18-33-21-24(32)19-30(22(4)6-2)20-26-27(7-3)29-31(23-14-10-8-11-15-23)28(26)34-25-16-12-9-13-17-25/h1,8-17,22,24,32H,6-7,18-21H2,2-4H3/t22-,24+/m0/s1. The Hall–Kier alpha value is -3.11. The van der Waals surface area contributed by atoms with Crippen LogP contribution in [0.3, 0.4) is 0 Å². The lowest BCUT2D eigenvalue weighted by Crippen LogP contribution is -2.40. The number of aliphatic hydroxyl groups excluding tert-OH is 1. The molecule has 1 heterocycles. The van der Waals surface area contributed by atoms with Crippen molar-refractivity contribution < 1.29 is 14.6 Å². The van der Waals surface area contributed by atoms with Gasteiger partial charge in [0.25, 0.3) is 0 Å². The van der Waals surface area contributed by atoms with Crippen LogP contribution < -0.4 is 4.74 Å². The highest BCUT2D eigenvalue weighted by atomic mass is 16.5. The molecule has 1 aromatic heterocycles. The molecule has 3 rings (SSSR count). The maximum atomic E-state index is 10.6. The van der Waals surface area contributed by atoms with Crippen molar-refractivity contribution in [1.29, 1.82) is 0 Å². The van der Waals surface area contributed by atoms with Gasteiger partial charge < -0.3 is 14.6 Å². The minimum atomic E-state index is -0.643. The largest absolute Gasteiger partial charge is 0.439 e. The van der Waals surface area contributed by atoms with Crippen LogP contribution in [0, 0.1) is 12.3 Å². The molecule has 34 heavy (non-hydrogen) atoms. The SMILES string of the molecule is C#CCOC[C@H](O)CN(Cc1c(CC)nn(-c2ccccc2)c1Oc1ccccc1)[C@@H](C)CC. The topological polar surface area (TPSA) is 59.8 Å². The molecule has 0 bridgehead atoms. The van der Waals surface area contributed by atoms with Crippen molar-refractivity contribution >= 4 is 0 Å². The van der Waals surface area contributed by atoms with E-state index in [1.165, 1.54) is 0 Å². The van der Waals surface area contributed by atoms with E-state index in [4.69, 9.17) is 21.0 Å². The summed E-state index contributed by atoms with van der Waals surface area (Å²) in [5, 5.41) is 15.5. The maximum Gasteiger partial charge on any atom is 0.227 e. The molecule has 0 unspecified atom stereocenters. The van der Waals surface area contributed by atoms with Crippen molar-refractivity contribution in [3.05, 3.63) is 71.9 Å². The van der Waals surface area contributed by atoms with Crippen molar-refractivity contribution in [2.24, 2.45) is 0 Å². The molecule has 1 N–H and O–H groups in total. The number of hydrogen-bond acceptors (Lipinski definition) is 5. The highest BCUT2D eigenvalue weighted by Gasteiger charge is 2.25. The Morgan fingerprint density at radius 2 is 1.76 bits per heavy atom. The fraction of sp³-hybridized carbons (Fsp3) is 0.393. The summed E-state index contributed by atoms with van der Waals surface area (Å²) in [6.07, 6.45) is 6.33. The number of aliphatic hydroxyl groups is 1. The van der Waals surface area contributed by atoms with Gasteiger partial charge in [-0.1, -0.05) is 56.2 Å². The number of terminal acetylenes is 1. The highest BCUT2D eigenvalue weighted by Crippen LogP contribution is 2.32. The van der Waals surface area contributed by atoms with Crippen molar-refractivity contribution in [2.45, 2.75) is 52.3 Å². The zero-order chi connectivity index (χ0) is 24.3. The molecule has 180 valence electrons. The Morgan fingerprint density at radius 3 is 2.38 bits per heavy atom. The number of nitrogens with zero attached hydrogens (tertiary/aromatic N) is 3. The fourth-order valence-electron chi connectivity index (χ4n) is 3.81. The monoisotopic (exact) mass is 461 g/mol. The van der Waals surface area contributed by atoms with Crippen LogP contribution in [0.1, 0.15) is 38.4 Å². The van der Waals surface area contributed by atoms with Crippen LogP contribution in [0.15, 0.2) is 60.7 Å². The number of hydrogen-bond donors (Lipinski definition) is 1. The number of ether oxygens (including phenoxy) is 2. The Labute approximate surface area is 203 Å². The summed E-state index contributed by atoms with van der Waals surface area (Å²) >= 11 is 0. The molecule has 0 radical (unpaired) electrons. The molecule has 2 atom stereocenters. The number of benzene rings is 2. The summed E-state index contributed by atoms with van der Waals surface area (Å²) in [5.74, 6) is 3.89. The first kappa shape index (κ1) is 25.5. The second-order valence-corrected chi connectivity index (χ2v) is 8.31. The summed E-state index contributed by atoms with van der Waals surface area (Å²) in [6.45, 7) is 7.87. The third-order valence-corrected chi connectivity index (χ3v) is 5.83. The van der Waals surface area contributed by atoms with E-state index in [2.05, 4.69) is 31.6 Å². The van der Waals surface area contributed by atoms with E-state index in [9.17, 15) is 5.11 Å². The highest BCUT2D eigenvalue weighted by molar-refractivity contribution is 5.43. The van der Waals surface area contributed by atoms with Gasteiger partial charge in [0.1, 0.15) is 12.4 Å². The molecule has 0 aliphatic carbocycles. The van der Waals surface area contributed by atoms with E-state index < -0.39 is 6.10 Å². The van der Waals surface area contributed by atoms with Crippen molar-refractivity contribution in [3.63, 3.8) is 0 Å². The van der Waals surface area contributed by atoms with Crippen LogP contribution >= 0.6 is 0 Å². The van der Waals surface area contributed by atoms with E-state index in [-0.39, 0.29) is 19.3 Å². The maximum absolute atomic E-state index is 10.6. The van der Waals surface area contributed by atoms with Gasteiger partial charge in [-0.2, -0.15) is 5.10 Å². The Morgan fingerprint density at radius 1 is 1.09 bits per heavy atom. The predicted octanol–water partition coefficient (Wildman–Crippen LogP) is 4.84. The van der Waals surface area contributed by atoms with Gasteiger partial charge in [-0.3, -0.25) is 4.90 Å². The zero-order valence-electron chi connectivity index (χ0n) is 20.4. The van der Waals surface area contributed by atoms with Crippen molar-refractivity contribution in [3.8, 4) is 29.7 Å². The van der Waals surface area contributed by atoms with Gasteiger partial charge in [0.15, 0.2) is 0 Å². The lowest BCUT2D eigenvalue weighted by Gasteiger charge is -2.30. The molecule has 6 nitrogen and oxygen atoms in total. The molecular weight excluding hydrogens is 426 g/mol. The molecule has 0 spiro atoms. The summed E-state index contributed by atoms with van der Waals surface area (Å²) in [7, 11) is 0. The first-order valence-electron chi connectivity index (χ1n) is 11.9. The average molecular weight is 462 g/mol. The molecule has 0 aliphatic heterocycles. The normalized spacial score (nSPS) is 12.9. The molecule has 0 saturated heterocycles. The van der Waals surface area contributed by atoms with Gasteiger partial charge in [-0.15, -0.1) is 6.42 Å². The van der Waals surface area contributed by atoms with Crippen LogP contribution in [0.2, 0.25) is 0 Å². The Kier molecular flexibility index (Phi) is 9.72. The average Bonchev–Trinajstić information content (AvgIpc) is 3.21. The number of rotatable bonds is 13. The Bertz CT molecular complexity index is 1040. The summed E-state index contributed by atoms with van der Waals surface area (Å²) in [6, 6.07) is 20.0. The van der Waals surface area contributed by atoms with E-state index in [1.807, 2.05) is 65.3 Å². The lowest BCUT2D eigenvalue weighted by atomic mass is 10.1. The van der Waals surface area contributed by atoms with Gasteiger partial charge in [0, 0.05) is 19.1 Å². The predicted molar refractivity (Wildman–Crippen MR) is 135 cm³/mol. The van der Waals surface area contributed by atoms with Crippen molar-refractivity contribution in [2.75, 3.05) is 19.8 Å². The fourth-order valence-corrected chi connectivity index (χ4v) is 3.81. The Balaban J connectivity index is 1.98. The molecule has 0 saturated carbocycles. The molecular formula is C28H35N3O3. The number of aryl methyl sites for hydroxylation is 1. The number of para-hydroxylation sites is 2. The van der Waals surface area contributed by atoms with Crippen LogP contribution in [-0.2, 0) is 17.7 Å². The van der Waals surface area contributed by atoms with Gasteiger partial charge in [0.05, 0.1) is 29.7 Å². The summed E-state index contributed by atoms with van der Waals surface area (Å²) < 4.78 is 13.7. The quantitative estimate of drug-likeness (QED) is 0.292. The molecule has 0 aliphatic rings. The zero-order valence-corrected chi connectivity index (χ0v) is 20.4. The van der Waals surface area contributed by atoms with Gasteiger partial charge in [-0.25, -0.2) is 4.68 Å². The minimum Gasteiger partial charge on any atom is -0.439 e. The smallest absolute Gasteiger partial charge is 0.227 e. The van der Waals surface area contributed by atoms with E-state index in [0.29, 0.717) is 19.0 Å². The first-order chi connectivity index (χ1) is 16.6. The number of aromatic nitrogens is 2. The van der Waals surface area contributed by atoms with Crippen LogP contribution in [0.25, 0.3) is 5.69 Å². The van der Waals surface area contributed by atoms with Gasteiger partial charge >= 0.3 is 0 Å². The third-order valence-electron chi connectivity index (χ3n) is 5.83. The van der Waals surface area contributed by atoms with Crippen LogP contribution in [0.4, 0.5) is 0 Å². The molecule has 0 fully saturated rings. The molecule has 6 heteroatoms. The van der Waals surface area contributed by atoms with Crippen LogP contribution in [-0.4, -0.2) is 51.7 Å². The van der Waals surface area contributed by atoms with E-state index in [0.717, 1.165) is 35.5 Å². The van der Waals surface area contributed by atoms with Crippen LogP contribution in [0.5, 0.6) is 11.6 Å². The van der Waals surface area contributed by atoms with Gasteiger partial charge in [0.2, 0.25) is 5.88 Å². The molecule has 3 aromatic rings. The lowest BCUT2D eigenvalue weighted by molar-refractivity contribution is 0.0168. The molecule has 2 aromatic carbocycles.